The van der Waals surface area contributed by atoms with E-state index in [0.717, 1.165) is 12.8 Å². The molecule has 1 aromatic carbocycles. The summed E-state index contributed by atoms with van der Waals surface area (Å²) in [4.78, 5) is 41.1. The van der Waals surface area contributed by atoms with Crippen molar-refractivity contribution in [2.45, 2.75) is 43.6 Å². The van der Waals surface area contributed by atoms with Crippen molar-refractivity contribution in [2.75, 3.05) is 18.5 Å². The van der Waals surface area contributed by atoms with Gasteiger partial charge in [0.2, 0.25) is 17.4 Å². The number of nitrogens with one attached hydrogen (secondary N) is 1. The van der Waals surface area contributed by atoms with E-state index in [9.17, 15) is 19.5 Å². The fourth-order valence-corrected chi connectivity index (χ4v) is 5.51. The Morgan fingerprint density at radius 1 is 1.32 bits per heavy atom. The normalized spacial score (nSPS) is 37.5. The van der Waals surface area contributed by atoms with E-state index in [1.54, 1.807) is 18.3 Å². The molecule has 1 spiro atoms. The number of fused-ring (bicyclic) bond motifs is 4. The molecule has 0 bridgehead atoms. The number of para-hydroxylation sites is 1. The molecule has 6 atom stereocenters. The number of anilines is 1. The fraction of sp³-hybridized carbons (Fsp3) is 0.550. The van der Waals surface area contributed by atoms with Crippen molar-refractivity contribution in [1.29, 1.82) is 0 Å². The number of hydrogen-bond donors (Lipinski definition) is 3. The van der Waals surface area contributed by atoms with E-state index in [-0.39, 0.29) is 30.4 Å². The van der Waals surface area contributed by atoms with Gasteiger partial charge in [-0.15, -0.1) is 0 Å². The minimum Gasteiger partial charge on any atom is -0.387 e. The number of carbonyl (C=O) groups is 3. The minimum atomic E-state index is -1.22. The zero-order chi connectivity index (χ0) is 19.6. The highest BCUT2D eigenvalue weighted by Crippen LogP contribution is 2.49. The van der Waals surface area contributed by atoms with Gasteiger partial charge in [-0.2, -0.15) is 0 Å². The molecule has 28 heavy (non-hydrogen) atoms. The van der Waals surface area contributed by atoms with Gasteiger partial charge < -0.3 is 20.5 Å². The van der Waals surface area contributed by atoms with Crippen LogP contribution in [-0.2, 0) is 24.7 Å². The number of aliphatic hydroxyl groups excluding tert-OH is 1. The van der Waals surface area contributed by atoms with E-state index in [1.165, 1.54) is 4.90 Å². The van der Waals surface area contributed by atoms with E-state index < -0.39 is 29.5 Å². The second-order valence-corrected chi connectivity index (χ2v) is 8.28. The molecule has 4 aliphatic heterocycles. The summed E-state index contributed by atoms with van der Waals surface area (Å²) in [5.41, 5.74) is 0.144. The zero-order valence-corrected chi connectivity index (χ0v) is 15.6. The van der Waals surface area contributed by atoms with E-state index in [4.69, 9.17) is 4.74 Å². The number of imide groups is 1. The monoisotopic (exact) mass is 386 g/mol. The van der Waals surface area contributed by atoms with Crippen LogP contribution in [0.4, 0.5) is 5.69 Å². The van der Waals surface area contributed by atoms with Crippen molar-refractivity contribution in [3.05, 3.63) is 29.8 Å². The summed E-state index contributed by atoms with van der Waals surface area (Å²) >= 11 is 0. The summed E-state index contributed by atoms with van der Waals surface area (Å²) in [5.74, 6) is -2.50. The van der Waals surface area contributed by atoms with Crippen LogP contribution in [0, 0.1) is 11.8 Å². The predicted molar refractivity (Wildman–Crippen MR) is 96.8 cm³/mol. The first-order valence-corrected chi connectivity index (χ1v) is 9.87. The molecule has 3 saturated heterocycles. The van der Waals surface area contributed by atoms with Crippen LogP contribution in [0.25, 0.3) is 0 Å². The molecule has 0 unspecified atom stereocenters. The van der Waals surface area contributed by atoms with Gasteiger partial charge in [-0.3, -0.25) is 19.3 Å². The van der Waals surface area contributed by atoms with Gasteiger partial charge in [-0.05, 0) is 25.8 Å². The second-order valence-electron chi connectivity index (χ2n) is 8.28. The van der Waals surface area contributed by atoms with Crippen LogP contribution >= 0.6 is 0 Å². The van der Waals surface area contributed by atoms with Crippen LogP contribution in [0.2, 0.25) is 0 Å². The Morgan fingerprint density at radius 3 is 2.82 bits per heavy atom. The minimum absolute atomic E-state index is 0.152. The molecule has 3 amide bonds. The molecule has 1 aromatic rings. The van der Waals surface area contributed by atoms with Gasteiger partial charge in [-0.25, -0.2) is 0 Å². The maximum absolute atomic E-state index is 13.4. The third kappa shape index (κ3) is 2.19. The highest BCUT2D eigenvalue weighted by Gasteiger charge is 2.74. The Kier molecular flexibility index (Phi) is 3.88. The molecule has 5 rings (SSSR count). The molecule has 0 saturated carbocycles. The predicted octanol–water partition coefficient (Wildman–Crippen LogP) is -1.06. The van der Waals surface area contributed by atoms with Crippen LogP contribution in [-0.4, -0.2) is 59.1 Å². The maximum Gasteiger partial charge on any atom is 0.291 e. The number of amides is 3. The smallest absolute Gasteiger partial charge is 0.291 e. The third-order valence-electron chi connectivity index (χ3n) is 6.77. The van der Waals surface area contributed by atoms with E-state index in [1.807, 2.05) is 18.2 Å². The summed E-state index contributed by atoms with van der Waals surface area (Å²) < 4.78 is 5.62. The fourth-order valence-electron chi connectivity index (χ4n) is 5.51. The maximum atomic E-state index is 13.4. The number of quaternary nitrogens is 1. The SMILES string of the molecule is C[C@@H](O)[C@@H]1[NH2+][C@@]2(C(=O)Nc3ccccc32)[C@H]2C(=O)N(C[C@H]3CCCO3)C(=O)[C@@H]12. The molecule has 0 aliphatic carbocycles. The number of aliphatic hydroxyl groups is 1. The van der Waals surface area contributed by atoms with Crippen LogP contribution in [0.15, 0.2) is 24.3 Å². The average molecular weight is 386 g/mol. The van der Waals surface area contributed by atoms with Gasteiger partial charge in [0.1, 0.15) is 24.0 Å². The van der Waals surface area contributed by atoms with Gasteiger partial charge in [0.05, 0.1) is 18.3 Å². The molecule has 4 aliphatic rings. The summed E-state index contributed by atoms with van der Waals surface area (Å²) in [6, 6.07) is 6.71. The Bertz CT molecular complexity index is 865. The molecular weight excluding hydrogens is 362 g/mol. The molecule has 4 N–H and O–H groups in total. The van der Waals surface area contributed by atoms with Gasteiger partial charge >= 0.3 is 0 Å². The molecule has 4 heterocycles. The van der Waals surface area contributed by atoms with Crippen molar-refractivity contribution in [2.24, 2.45) is 11.8 Å². The van der Waals surface area contributed by atoms with Crippen LogP contribution < -0.4 is 10.6 Å². The molecule has 148 valence electrons. The van der Waals surface area contributed by atoms with Crippen molar-refractivity contribution >= 4 is 23.4 Å². The largest absolute Gasteiger partial charge is 0.387 e. The molecule has 0 aromatic heterocycles. The van der Waals surface area contributed by atoms with E-state index in [0.29, 0.717) is 17.9 Å². The Hall–Kier alpha value is -2.29. The standard InChI is InChI=1S/C20H23N3O5/c1-10(24)16-14-15(18(26)23(17(14)25)9-11-5-4-8-28-11)20(22-16)12-6-2-3-7-13(12)21-19(20)27/h2-3,6-7,10-11,14-16,22,24H,4-5,8-9H2,1H3,(H,21,27)/p+1/t10-,11-,14-,15-,16+,20-/m1/s1. The van der Waals surface area contributed by atoms with Crippen LogP contribution in [0.3, 0.4) is 0 Å². The lowest BCUT2D eigenvalue weighted by molar-refractivity contribution is -0.738. The number of hydrogen-bond acceptors (Lipinski definition) is 5. The topological polar surface area (TPSA) is 113 Å². The Balaban J connectivity index is 1.59. The first-order chi connectivity index (χ1) is 13.4. The van der Waals surface area contributed by atoms with Crippen LogP contribution in [0.1, 0.15) is 25.3 Å². The number of ether oxygens (including phenoxy) is 1. The van der Waals surface area contributed by atoms with Crippen molar-refractivity contribution < 1.29 is 29.5 Å². The lowest BCUT2D eigenvalue weighted by Gasteiger charge is -2.27. The summed E-state index contributed by atoms with van der Waals surface area (Å²) in [5, 5.41) is 15.0. The number of nitrogens with zero attached hydrogens (tertiary/aromatic N) is 1. The summed E-state index contributed by atoms with van der Waals surface area (Å²) in [6.07, 6.45) is 0.734. The van der Waals surface area contributed by atoms with Gasteiger partial charge in [0, 0.05) is 12.2 Å². The number of nitrogens with two attached hydrogens (primary N) is 1. The number of rotatable bonds is 3. The van der Waals surface area contributed by atoms with Crippen molar-refractivity contribution in [1.82, 2.24) is 4.90 Å². The zero-order valence-electron chi connectivity index (χ0n) is 15.6. The van der Waals surface area contributed by atoms with E-state index in [2.05, 4.69) is 5.32 Å². The van der Waals surface area contributed by atoms with Crippen LogP contribution in [0.5, 0.6) is 0 Å². The molecule has 8 heteroatoms. The molecule has 8 nitrogen and oxygen atoms in total. The number of benzene rings is 1. The first-order valence-electron chi connectivity index (χ1n) is 9.87. The van der Waals surface area contributed by atoms with Crippen molar-refractivity contribution in [3.8, 4) is 0 Å². The Morgan fingerprint density at radius 2 is 2.11 bits per heavy atom. The highest BCUT2D eigenvalue weighted by molar-refractivity contribution is 6.13. The molecular formula is C20H24N3O5+. The van der Waals surface area contributed by atoms with Gasteiger partial charge in [0.15, 0.2) is 0 Å². The highest BCUT2D eigenvalue weighted by atomic mass is 16.5. The quantitative estimate of drug-likeness (QED) is 0.574. The Labute approximate surface area is 162 Å². The lowest BCUT2D eigenvalue weighted by atomic mass is 9.76. The first kappa shape index (κ1) is 17.8. The van der Waals surface area contributed by atoms with Gasteiger partial charge in [0.25, 0.3) is 5.91 Å². The third-order valence-corrected chi connectivity index (χ3v) is 6.77. The number of carbonyl (C=O) groups excluding carboxylic acids is 3. The summed E-state index contributed by atoms with van der Waals surface area (Å²) in [6.45, 7) is 2.46. The molecule has 3 fully saturated rings. The summed E-state index contributed by atoms with van der Waals surface area (Å²) in [7, 11) is 0. The number of likely N-dealkylation sites (tertiary alicyclic amines) is 1. The van der Waals surface area contributed by atoms with Crippen molar-refractivity contribution in [3.63, 3.8) is 0 Å². The van der Waals surface area contributed by atoms with E-state index >= 15 is 0 Å². The average Bonchev–Trinajstić information content (AvgIpc) is 3.41. The molecule has 0 radical (unpaired) electrons. The second kappa shape index (κ2) is 6.10. The van der Waals surface area contributed by atoms with Gasteiger partial charge in [-0.1, -0.05) is 18.2 Å². The lowest BCUT2D eigenvalue weighted by Crippen LogP contribution is -3.00.